The molecule has 2 saturated heterocycles. The molecule has 0 bridgehead atoms. The van der Waals surface area contributed by atoms with Crippen molar-refractivity contribution in [1.29, 1.82) is 0 Å². The van der Waals surface area contributed by atoms with Gasteiger partial charge in [-0.25, -0.2) is 0 Å². The Morgan fingerprint density at radius 2 is 1.30 bits per heavy atom. The fourth-order valence-corrected chi connectivity index (χ4v) is 8.23. The van der Waals surface area contributed by atoms with Crippen LogP contribution >= 0.6 is 0 Å². The number of esters is 1. The summed E-state index contributed by atoms with van der Waals surface area (Å²) in [7, 11) is 0. The minimum absolute atomic E-state index is 0.0494. The highest BCUT2D eigenvalue weighted by atomic mass is 16.6. The molecule has 2 fully saturated rings. The lowest BCUT2D eigenvalue weighted by molar-refractivity contribution is -0.143. The van der Waals surface area contributed by atoms with E-state index in [0.29, 0.717) is 39.0 Å². The minimum Gasteiger partial charge on any atom is -0.425 e. The molecule has 4 N–H and O–H groups in total. The van der Waals surface area contributed by atoms with Crippen LogP contribution in [-0.2, 0) is 57.5 Å². The van der Waals surface area contributed by atoms with Crippen molar-refractivity contribution < 1.29 is 47.8 Å². The number of Topliss-reactive ketones (excluding diaryl/α,β-unsaturated/α-hetero) is 2. The van der Waals surface area contributed by atoms with Crippen LogP contribution in [0.2, 0.25) is 0 Å². The van der Waals surface area contributed by atoms with Gasteiger partial charge in [0.1, 0.15) is 29.5 Å². The molecule has 2 aliphatic rings. The van der Waals surface area contributed by atoms with E-state index in [1.54, 1.807) is 45.9 Å². The summed E-state index contributed by atoms with van der Waals surface area (Å²) in [6, 6.07) is 19.7. The maximum Gasteiger partial charge on any atom is 0.316 e. The summed E-state index contributed by atoms with van der Waals surface area (Å²) >= 11 is 0. The fourth-order valence-electron chi connectivity index (χ4n) is 8.23. The molecule has 374 valence electrons. The molecule has 15 nitrogen and oxygen atoms in total. The highest BCUT2D eigenvalue weighted by Gasteiger charge is 2.50. The summed E-state index contributed by atoms with van der Waals surface area (Å²) in [4.78, 5) is 97.9. The first kappa shape index (κ1) is 54.2. The Hall–Kier alpha value is -5.77. The van der Waals surface area contributed by atoms with Crippen LogP contribution in [0.25, 0.3) is 0 Å². The zero-order chi connectivity index (χ0) is 50.5. The molecule has 0 aliphatic carbocycles. The summed E-state index contributed by atoms with van der Waals surface area (Å²) in [5.41, 5.74) is 1.09. The molecule has 0 aromatic heterocycles. The van der Waals surface area contributed by atoms with Gasteiger partial charge in [0.15, 0.2) is 11.6 Å². The maximum absolute atomic E-state index is 14.4. The summed E-state index contributed by atoms with van der Waals surface area (Å²) in [5.74, 6) is -2.77. The summed E-state index contributed by atoms with van der Waals surface area (Å²) in [6.07, 6.45) is 1.87. The van der Waals surface area contributed by atoms with Crippen molar-refractivity contribution >= 4 is 41.2 Å². The Kier molecular flexibility index (Phi) is 19.4. The zero-order valence-corrected chi connectivity index (χ0v) is 41.9. The molecule has 2 heterocycles. The number of carbonyl (C=O) groups is 7. The molecule has 1 unspecified atom stereocenters. The Balaban J connectivity index is 1.32. The number of nitrogens with one attached hydrogen (secondary N) is 4. The van der Waals surface area contributed by atoms with Crippen molar-refractivity contribution in [3.63, 3.8) is 0 Å². The number of ether oxygens (including phenoxy) is 3. The van der Waals surface area contributed by atoms with E-state index in [4.69, 9.17) is 14.2 Å². The van der Waals surface area contributed by atoms with E-state index in [-0.39, 0.29) is 73.2 Å². The van der Waals surface area contributed by atoms with E-state index < -0.39 is 64.8 Å². The van der Waals surface area contributed by atoms with Gasteiger partial charge in [-0.15, -0.1) is 0 Å². The molecule has 15 heteroatoms. The first-order valence-corrected chi connectivity index (χ1v) is 24.3. The highest BCUT2D eigenvalue weighted by molar-refractivity contribution is 5.99. The number of amides is 4. The minimum atomic E-state index is -1.09. The predicted molar refractivity (Wildman–Crippen MR) is 262 cm³/mol. The molecule has 69 heavy (non-hydrogen) atoms. The Morgan fingerprint density at radius 1 is 0.739 bits per heavy atom. The smallest absolute Gasteiger partial charge is 0.316 e. The van der Waals surface area contributed by atoms with E-state index >= 15 is 0 Å². The standard InChI is InChI=1S/C54H73N5O10/c1-34(2)26-43(48(62)54(9)33-68-54)56-51(65)45(30-38-18-14-11-15-19-38)58-50(64)44(27-35(3)4)57-49(63)42(22-20-37-16-12-10-13-17-37)55-47(61)31-59-24-25-67-32-40(59)28-39-21-23-46(41(29-39)36(5)60)69-52(66)53(6,7)8/h10-19,21,23,29,34-35,40,42-45H,20,22,24-28,30-33H2,1-9H3,(H,55,61)(H,56,65)(H,57,63)(H,58,64)/t40?,42-,43-,44-,45-,54+/m0/s1. The second kappa shape index (κ2) is 24.7. The molecule has 3 aromatic carbocycles. The first-order chi connectivity index (χ1) is 32.6. The van der Waals surface area contributed by atoms with Crippen molar-refractivity contribution in [2.45, 2.75) is 137 Å². The van der Waals surface area contributed by atoms with Crippen LogP contribution in [0.5, 0.6) is 5.75 Å². The van der Waals surface area contributed by atoms with Gasteiger partial charge >= 0.3 is 5.97 Å². The van der Waals surface area contributed by atoms with Gasteiger partial charge in [0, 0.05) is 19.0 Å². The van der Waals surface area contributed by atoms with Crippen molar-refractivity contribution in [3.8, 4) is 5.75 Å². The van der Waals surface area contributed by atoms with Crippen LogP contribution in [0.4, 0.5) is 0 Å². The quantitative estimate of drug-likeness (QED) is 0.0391. The highest BCUT2D eigenvalue weighted by Crippen LogP contribution is 2.30. The molecular weight excluding hydrogens is 879 g/mol. The number of rotatable bonds is 24. The number of aryl methyl sites for hydroxylation is 1. The lowest BCUT2D eigenvalue weighted by Gasteiger charge is -2.35. The monoisotopic (exact) mass is 952 g/mol. The molecule has 5 rings (SSSR count). The van der Waals surface area contributed by atoms with Gasteiger partial charge < -0.3 is 35.5 Å². The van der Waals surface area contributed by atoms with Crippen LogP contribution < -0.4 is 26.0 Å². The second-order valence-electron chi connectivity index (χ2n) is 20.6. The third-order valence-corrected chi connectivity index (χ3v) is 12.3. The van der Waals surface area contributed by atoms with E-state index in [0.717, 1.165) is 16.7 Å². The van der Waals surface area contributed by atoms with E-state index in [9.17, 15) is 33.6 Å². The Labute approximate surface area is 407 Å². The van der Waals surface area contributed by atoms with Crippen LogP contribution in [0, 0.1) is 17.3 Å². The van der Waals surface area contributed by atoms with Crippen molar-refractivity contribution in [2.75, 3.05) is 32.9 Å². The van der Waals surface area contributed by atoms with Gasteiger partial charge in [-0.1, -0.05) is 94.4 Å². The SMILES string of the molecule is CC(=O)c1cc(CC2COCCN2CC(=O)N[C@@H](CCc2ccccc2)C(=O)N[C@@H](CC(C)C)C(=O)N[C@@H](Cc2ccccc2)C(=O)N[C@@H](CC(C)C)C(=O)[C@@]2(C)CO2)ccc1OC(=O)C(C)(C)C. The maximum atomic E-state index is 14.4. The topological polar surface area (TPSA) is 202 Å². The van der Waals surface area contributed by atoms with Gasteiger partial charge in [0.05, 0.1) is 43.4 Å². The van der Waals surface area contributed by atoms with Crippen molar-refractivity contribution in [3.05, 3.63) is 101 Å². The van der Waals surface area contributed by atoms with Crippen LogP contribution in [0.15, 0.2) is 78.9 Å². The largest absolute Gasteiger partial charge is 0.425 e. The summed E-state index contributed by atoms with van der Waals surface area (Å²) < 4.78 is 16.9. The lowest BCUT2D eigenvalue weighted by Crippen LogP contribution is -2.59. The first-order valence-electron chi connectivity index (χ1n) is 24.3. The zero-order valence-electron chi connectivity index (χ0n) is 41.9. The van der Waals surface area contributed by atoms with Gasteiger partial charge in [-0.3, -0.25) is 38.5 Å². The number of morpholine rings is 1. The number of epoxide rings is 1. The number of ketones is 2. The predicted octanol–water partition coefficient (Wildman–Crippen LogP) is 5.35. The summed E-state index contributed by atoms with van der Waals surface area (Å²) in [5, 5.41) is 11.7. The fraction of sp³-hybridized carbons (Fsp3) is 0.537. The molecule has 6 atom stereocenters. The molecule has 0 saturated carbocycles. The normalized spacial score (nSPS) is 18.9. The van der Waals surface area contributed by atoms with Gasteiger partial charge in [0.25, 0.3) is 0 Å². The molecule has 3 aromatic rings. The Bertz CT molecular complexity index is 2260. The molecule has 4 amide bonds. The number of carbonyl (C=O) groups excluding carboxylic acids is 7. The van der Waals surface area contributed by atoms with Crippen LogP contribution in [0.3, 0.4) is 0 Å². The van der Waals surface area contributed by atoms with E-state index in [1.165, 1.54) is 6.92 Å². The molecule has 0 radical (unpaired) electrons. The number of hydrogen-bond donors (Lipinski definition) is 4. The van der Waals surface area contributed by atoms with Gasteiger partial charge in [-0.05, 0) is 107 Å². The van der Waals surface area contributed by atoms with Crippen LogP contribution in [0.1, 0.15) is 109 Å². The second-order valence-corrected chi connectivity index (χ2v) is 20.6. The number of nitrogens with zero attached hydrogens (tertiary/aromatic N) is 1. The summed E-state index contributed by atoms with van der Waals surface area (Å²) in [6.45, 7) is 17.5. The molecule has 0 spiro atoms. The van der Waals surface area contributed by atoms with Crippen molar-refractivity contribution in [2.24, 2.45) is 17.3 Å². The Morgan fingerprint density at radius 3 is 1.90 bits per heavy atom. The van der Waals surface area contributed by atoms with Crippen LogP contribution in [-0.4, -0.2) is 115 Å². The third-order valence-electron chi connectivity index (χ3n) is 12.3. The number of hydrogen-bond acceptors (Lipinski definition) is 11. The van der Waals surface area contributed by atoms with Crippen molar-refractivity contribution in [1.82, 2.24) is 26.2 Å². The molecule has 2 aliphatic heterocycles. The average Bonchev–Trinajstić information content (AvgIpc) is 4.05. The molecular formula is C54H73N5O10. The van der Waals surface area contributed by atoms with E-state index in [2.05, 4.69) is 21.3 Å². The van der Waals surface area contributed by atoms with Gasteiger partial charge in [0.2, 0.25) is 23.6 Å². The third kappa shape index (κ3) is 16.7. The average molecular weight is 952 g/mol. The number of benzene rings is 3. The lowest BCUT2D eigenvalue weighted by atomic mass is 9.93. The van der Waals surface area contributed by atoms with Gasteiger partial charge in [-0.2, -0.15) is 0 Å². The van der Waals surface area contributed by atoms with E-state index in [1.807, 2.05) is 93.3 Å².